The van der Waals surface area contributed by atoms with Crippen LogP contribution in [0.2, 0.25) is 0 Å². The Morgan fingerprint density at radius 3 is 3.00 bits per heavy atom. The van der Waals surface area contributed by atoms with Crippen LogP contribution < -0.4 is 5.73 Å². The molecule has 1 radical (unpaired) electrons. The van der Waals surface area contributed by atoms with E-state index in [-0.39, 0.29) is 5.91 Å². The fourth-order valence-electron chi connectivity index (χ4n) is 1.28. The number of carbonyl (C=O) groups excluding carboxylic acids is 1. The van der Waals surface area contributed by atoms with Crippen molar-refractivity contribution in [3.05, 3.63) is 35.4 Å². The van der Waals surface area contributed by atoms with Gasteiger partial charge < -0.3 is 5.73 Å². The number of rotatable bonds is 4. The number of carbonyl (C=O) groups is 1. The third-order valence-corrected chi connectivity index (χ3v) is 1.99. The smallest absolute Gasteiger partial charge is 0.249 e. The standard InChI is InChI=1S/C11H14NO/c1-2-3-6-9-7-4-5-8-10(9)11(12)13/h4-5,7H,2-3,6H2,1H3,(H2,12,13). The van der Waals surface area contributed by atoms with Crippen LogP contribution in [0.3, 0.4) is 0 Å². The minimum absolute atomic E-state index is 0.383. The van der Waals surface area contributed by atoms with Crippen molar-refractivity contribution in [3.63, 3.8) is 0 Å². The van der Waals surface area contributed by atoms with Crippen molar-refractivity contribution in [2.45, 2.75) is 26.2 Å². The van der Waals surface area contributed by atoms with Gasteiger partial charge in [0, 0.05) is 0 Å². The highest BCUT2D eigenvalue weighted by Crippen LogP contribution is 2.10. The minimum Gasteiger partial charge on any atom is -0.366 e. The van der Waals surface area contributed by atoms with E-state index in [2.05, 4.69) is 13.0 Å². The molecule has 1 aromatic rings. The van der Waals surface area contributed by atoms with E-state index in [9.17, 15) is 4.79 Å². The second-order valence-electron chi connectivity index (χ2n) is 3.04. The molecule has 69 valence electrons. The minimum atomic E-state index is -0.383. The lowest BCUT2D eigenvalue weighted by Gasteiger charge is -2.04. The topological polar surface area (TPSA) is 43.1 Å². The van der Waals surface area contributed by atoms with Gasteiger partial charge in [-0.3, -0.25) is 4.79 Å². The molecule has 2 N–H and O–H groups in total. The van der Waals surface area contributed by atoms with Crippen LogP contribution in [0.5, 0.6) is 0 Å². The molecule has 13 heavy (non-hydrogen) atoms. The van der Waals surface area contributed by atoms with E-state index >= 15 is 0 Å². The third kappa shape index (κ3) is 2.58. The zero-order valence-corrected chi connectivity index (χ0v) is 7.84. The fraction of sp³-hybridized carbons (Fsp3) is 0.364. The van der Waals surface area contributed by atoms with Gasteiger partial charge in [0.25, 0.3) is 0 Å². The number of benzene rings is 1. The Morgan fingerprint density at radius 1 is 1.62 bits per heavy atom. The van der Waals surface area contributed by atoms with Crippen molar-refractivity contribution in [2.24, 2.45) is 5.73 Å². The van der Waals surface area contributed by atoms with Gasteiger partial charge in [0.05, 0.1) is 5.56 Å². The Kier molecular flexibility index (Phi) is 3.50. The van der Waals surface area contributed by atoms with Crippen LogP contribution in [0.15, 0.2) is 18.2 Å². The Morgan fingerprint density at radius 2 is 2.38 bits per heavy atom. The van der Waals surface area contributed by atoms with E-state index in [0.29, 0.717) is 5.56 Å². The van der Waals surface area contributed by atoms with Crippen LogP contribution in [0.1, 0.15) is 35.7 Å². The van der Waals surface area contributed by atoms with Crippen molar-refractivity contribution in [3.8, 4) is 0 Å². The van der Waals surface area contributed by atoms with Gasteiger partial charge in [-0.1, -0.05) is 31.5 Å². The van der Waals surface area contributed by atoms with Gasteiger partial charge >= 0.3 is 0 Å². The maximum absolute atomic E-state index is 11.0. The molecule has 0 saturated heterocycles. The second-order valence-corrected chi connectivity index (χ2v) is 3.04. The van der Waals surface area contributed by atoms with E-state index < -0.39 is 0 Å². The molecule has 0 aliphatic heterocycles. The number of unbranched alkanes of at least 4 members (excludes halogenated alkanes) is 1. The van der Waals surface area contributed by atoms with Crippen LogP contribution in [0.4, 0.5) is 0 Å². The molecular weight excluding hydrogens is 162 g/mol. The predicted octanol–water partition coefficient (Wildman–Crippen LogP) is 1.93. The largest absolute Gasteiger partial charge is 0.366 e. The molecule has 0 unspecified atom stereocenters. The SMILES string of the molecule is CCCCc1ccc[c]c1C(N)=O. The van der Waals surface area contributed by atoms with Gasteiger partial charge in [0.2, 0.25) is 5.91 Å². The lowest BCUT2D eigenvalue weighted by Crippen LogP contribution is -2.13. The monoisotopic (exact) mass is 176 g/mol. The summed E-state index contributed by atoms with van der Waals surface area (Å²) in [5.74, 6) is -0.383. The lowest BCUT2D eigenvalue weighted by atomic mass is 10.0. The van der Waals surface area contributed by atoms with Crippen LogP contribution in [0, 0.1) is 6.07 Å². The van der Waals surface area contributed by atoms with Crippen molar-refractivity contribution in [2.75, 3.05) is 0 Å². The van der Waals surface area contributed by atoms with Gasteiger partial charge in [-0.25, -0.2) is 0 Å². The molecule has 0 bridgehead atoms. The first-order valence-electron chi connectivity index (χ1n) is 4.55. The summed E-state index contributed by atoms with van der Waals surface area (Å²) in [4.78, 5) is 11.0. The van der Waals surface area contributed by atoms with Crippen LogP contribution >= 0.6 is 0 Å². The first-order valence-corrected chi connectivity index (χ1v) is 4.55. The summed E-state index contributed by atoms with van der Waals surface area (Å²) < 4.78 is 0. The molecule has 0 aromatic heterocycles. The summed E-state index contributed by atoms with van der Waals surface area (Å²) >= 11 is 0. The predicted molar refractivity (Wildman–Crippen MR) is 52.4 cm³/mol. The first kappa shape index (κ1) is 9.78. The maximum Gasteiger partial charge on any atom is 0.249 e. The Balaban J connectivity index is 2.84. The van der Waals surface area contributed by atoms with E-state index in [1.54, 1.807) is 6.07 Å². The fourth-order valence-corrected chi connectivity index (χ4v) is 1.28. The van der Waals surface area contributed by atoms with Crippen LogP contribution in [-0.2, 0) is 6.42 Å². The van der Waals surface area contributed by atoms with Gasteiger partial charge in [-0.15, -0.1) is 0 Å². The third-order valence-electron chi connectivity index (χ3n) is 1.99. The van der Waals surface area contributed by atoms with Crippen molar-refractivity contribution < 1.29 is 4.79 Å². The second kappa shape index (κ2) is 4.65. The van der Waals surface area contributed by atoms with Crippen LogP contribution in [-0.4, -0.2) is 5.91 Å². The first-order chi connectivity index (χ1) is 6.25. The summed E-state index contributed by atoms with van der Waals surface area (Å²) in [7, 11) is 0. The zero-order chi connectivity index (χ0) is 9.68. The molecule has 0 saturated carbocycles. The van der Waals surface area contributed by atoms with E-state index in [4.69, 9.17) is 5.73 Å². The van der Waals surface area contributed by atoms with Crippen molar-refractivity contribution in [1.82, 2.24) is 0 Å². The number of amides is 1. The number of primary amides is 1. The van der Waals surface area contributed by atoms with Crippen LogP contribution in [0.25, 0.3) is 0 Å². The lowest BCUT2D eigenvalue weighted by molar-refractivity contribution is 0.0999. The molecule has 1 rings (SSSR count). The van der Waals surface area contributed by atoms with Crippen molar-refractivity contribution in [1.29, 1.82) is 0 Å². The van der Waals surface area contributed by atoms with Gasteiger partial charge in [0.15, 0.2) is 0 Å². The number of aryl methyl sites for hydroxylation is 1. The maximum atomic E-state index is 11.0. The van der Waals surface area contributed by atoms with Gasteiger partial charge in [-0.05, 0) is 24.5 Å². The molecule has 2 heteroatoms. The number of hydrogen-bond acceptors (Lipinski definition) is 1. The average molecular weight is 176 g/mol. The van der Waals surface area contributed by atoms with E-state index in [0.717, 1.165) is 24.8 Å². The summed E-state index contributed by atoms with van der Waals surface area (Å²) in [6, 6.07) is 8.41. The molecule has 0 spiro atoms. The van der Waals surface area contributed by atoms with Crippen molar-refractivity contribution >= 4 is 5.91 Å². The molecule has 1 aromatic carbocycles. The Labute approximate surface area is 78.8 Å². The Hall–Kier alpha value is -1.31. The van der Waals surface area contributed by atoms with E-state index in [1.807, 2.05) is 12.1 Å². The normalized spacial score (nSPS) is 9.92. The zero-order valence-electron chi connectivity index (χ0n) is 7.84. The quantitative estimate of drug-likeness (QED) is 0.748. The molecular formula is C11H14NO. The Bertz CT molecular complexity index is 294. The van der Waals surface area contributed by atoms with Gasteiger partial charge in [-0.2, -0.15) is 0 Å². The van der Waals surface area contributed by atoms with Gasteiger partial charge in [0.1, 0.15) is 0 Å². The summed E-state index contributed by atoms with van der Waals surface area (Å²) in [6.45, 7) is 2.12. The molecule has 0 aliphatic carbocycles. The highest BCUT2D eigenvalue weighted by atomic mass is 16.1. The highest BCUT2D eigenvalue weighted by Gasteiger charge is 2.05. The molecule has 0 aliphatic rings. The summed E-state index contributed by atoms with van der Waals surface area (Å²) in [5, 5.41) is 0. The molecule has 0 atom stereocenters. The molecule has 0 fully saturated rings. The summed E-state index contributed by atoms with van der Waals surface area (Å²) in [5.41, 5.74) is 6.77. The molecule has 1 amide bonds. The summed E-state index contributed by atoms with van der Waals surface area (Å²) in [6.07, 6.45) is 3.11. The highest BCUT2D eigenvalue weighted by molar-refractivity contribution is 5.93. The molecule has 0 heterocycles. The number of hydrogen-bond donors (Lipinski definition) is 1. The molecule has 2 nitrogen and oxygen atoms in total. The average Bonchev–Trinajstić information content (AvgIpc) is 2.15. The van der Waals surface area contributed by atoms with E-state index in [1.165, 1.54) is 0 Å². The number of nitrogens with two attached hydrogens (primary N) is 1.